The molecule has 0 saturated heterocycles. The highest BCUT2D eigenvalue weighted by Gasteiger charge is 2.46. The van der Waals surface area contributed by atoms with Gasteiger partial charge in [-0.15, -0.1) is 5.10 Å². The molecule has 1 aromatic heterocycles. The molecular formula is C16H19N5O4. The van der Waals surface area contributed by atoms with E-state index < -0.39 is 11.5 Å². The van der Waals surface area contributed by atoms with Gasteiger partial charge in [-0.25, -0.2) is 4.79 Å². The van der Waals surface area contributed by atoms with Gasteiger partial charge in [-0.1, -0.05) is 11.3 Å². The Kier molecular flexibility index (Phi) is 4.41. The maximum absolute atomic E-state index is 12.8. The number of carbonyl (C=O) groups is 2. The second kappa shape index (κ2) is 6.52. The first-order chi connectivity index (χ1) is 12.1. The van der Waals surface area contributed by atoms with E-state index in [2.05, 4.69) is 20.7 Å². The predicted molar refractivity (Wildman–Crippen MR) is 86.9 cm³/mol. The molecule has 0 radical (unpaired) electrons. The van der Waals surface area contributed by atoms with Crippen LogP contribution in [0.1, 0.15) is 21.6 Å². The van der Waals surface area contributed by atoms with Crippen LogP contribution in [0.3, 0.4) is 0 Å². The van der Waals surface area contributed by atoms with E-state index in [1.54, 1.807) is 31.2 Å². The Bertz CT molecular complexity index is 792. The number of ether oxygens (including phenoxy) is 2. The highest BCUT2D eigenvalue weighted by atomic mass is 16.5. The predicted octanol–water partition coefficient (Wildman–Crippen LogP) is 0.0570. The molecule has 2 N–H and O–H groups in total. The molecule has 0 bridgehead atoms. The zero-order valence-corrected chi connectivity index (χ0v) is 14.2. The SMILES string of the molecule is CN[C@](CN1Cc2ccc(OC)cc2C1=O)(C(=O)OC)c1c[nH]nn1. The molecule has 3 rings (SSSR count). The van der Waals surface area contributed by atoms with Crippen LogP contribution in [-0.4, -0.2) is 60.0 Å². The number of fused-ring (bicyclic) bond motifs is 1. The van der Waals surface area contributed by atoms with Gasteiger partial charge in [0.15, 0.2) is 5.54 Å². The Hall–Kier alpha value is -2.94. The molecule has 0 saturated carbocycles. The third-order valence-electron chi connectivity index (χ3n) is 4.44. The van der Waals surface area contributed by atoms with Crippen LogP contribution >= 0.6 is 0 Å². The summed E-state index contributed by atoms with van der Waals surface area (Å²) in [4.78, 5) is 26.9. The molecule has 9 nitrogen and oxygen atoms in total. The van der Waals surface area contributed by atoms with Gasteiger partial charge in [0.1, 0.15) is 11.4 Å². The maximum Gasteiger partial charge on any atom is 0.334 e. The number of benzene rings is 1. The minimum atomic E-state index is -1.32. The van der Waals surface area contributed by atoms with Gasteiger partial charge in [0.25, 0.3) is 5.91 Å². The third kappa shape index (κ3) is 2.72. The van der Waals surface area contributed by atoms with Gasteiger partial charge in [-0.3, -0.25) is 15.2 Å². The summed E-state index contributed by atoms with van der Waals surface area (Å²) in [6.07, 6.45) is 1.50. The van der Waals surface area contributed by atoms with Gasteiger partial charge in [0, 0.05) is 18.3 Å². The van der Waals surface area contributed by atoms with Crippen molar-refractivity contribution in [3.8, 4) is 5.75 Å². The van der Waals surface area contributed by atoms with Crippen molar-refractivity contribution in [1.29, 1.82) is 0 Å². The number of aromatic amines is 1. The largest absolute Gasteiger partial charge is 0.497 e. The molecule has 0 aliphatic carbocycles. The number of hydrogen-bond acceptors (Lipinski definition) is 7. The van der Waals surface area contributed by atoms with Gasteiger partial charge < -0.3 is 14.4 Å². The lowest BCUT2D eigenvalue weighted by atomic mass is 9.95. The molecule has 1 aliphatic heterocycles. The Labute approximate surface area is 144 Å². The van der Waals surface area contributed by atoms with Gasteiger partial charge in [-0.05, 0) is 24.7 Å². The molecule has 1 atom stereocenters. The zero-order chi connectivity index (χ0) is 18.0. The van der Waals surface area contributed by atoms with Crippen molar-refractivity contribution < 1.29 is 19.1 Å². The summed E-state index contributed by atoms with van der Waals surface area (Å²) in [5.74, 6) is -0.121. The van der Waals surface area contributed by atoms with E-state index >= 15 is 0 Å². The molecule has 1 aliphatic rings. The maximum atomic E-state index is 12.8. The van der Waals surface area contributed by atoms with E-state index in [0.29, 0.717) is 23.6 Å². The first-order valence-corrected chi connectivity index (χ1v) is 7.66. The van der Waals surface area contributed by atoms with Crippen molar-refractivity contribution >= 4 is 11.9 Å². The number of H-pyrrole nitrogens is 1. The number of likely N-dealkylation sites (N-methyl/N-ethyl adjacent to an activating group) is 1. The lowest BCUT2D eigenvalue weighted by molar-refractivity contribution is -0.149. The van der Waals surface area contributed by atoms with Crippen LogP contribution in [0.5, 0.6) is 5.75 Å². The number of amides is 1. The third-order valence-corrected chi connectivity index (χ3v) is 4.44. The fourth-order valence-electron chi connectivity index (χ4n) is 3.02. The van der Waals surface area contributed by atoms with E-state index in [1.165, 1.54) is 13.3 Å². The Morgan fingerprint density at radius 1 is 1.44 bits per heavy atom. The Balaban J connectivity index is 1.94. The zero-order valence-electron chi connectivity index (χ0n) is 14.2. The quantitative estimate of drug-likeness (QED) is 0.712. The smallest absolute Gasteiger partial charge is 0.334 e. The molecule has 132 valence electrons. The molecule has 9 heteroatoms. The van der Waals surface area contributed by atoms with Crippen molar-refractivity contribution in [2.24, 2.45) is 0 Å². The van der Waals surface area contributed by atoms with E-state index in [0.717, 1.165) is 5.56 Å². The average Bonchev–Trinajstić information content (AvgIpc) is 3.28. The van der Waals surface area contributed by atoms with Crippen molar-refractivity contribution in [1.82, 2.24) is 25.6 Å². The fraction of sp³-hybridized carbons (Fsp3) is 0.375. The molecule has 1 aromatic carbocycles. The van der Waals surface area contributed by atoms with Gasteiger partial charge >= 0.3 is 5.97 Å². The second-order valence-corrected chi connectivity index (χ2v) is 5.69. The summed E-state index contributed by atoms with van der Waals surface area (Å²) in [7, 11) is 4.45. The molecular weight excluding hydrogens is 326 g/mol. The van der Waals surface area contributed by atoms with E-state index in [-0.39, 0.29) is 12.5 Å². The number of nitrogens with zero attached hydrogens (tertiary/aromatic N) is 3. The minimum Gasteiger partial charge on any atom is -0.497 e. The van der Waals surface area contributed by atoms with Gasteiger partial charge in [0.2, 0.25) is 0 Å². The molecule has 2 aromatic rings. The molecule has 25 heavy (non-hydrogen) atoms. The highest BCUT2D eigenvalue weighted by molar-refractivity contribution is 5.99. The van der Waals surface area contributed by atoms with Gasteiger partial charge in [-0.2, -0.15) is 0 Å². The van der Waals surface area contributed by atoms with Crippen LogP contribution < -0.4 is 10.1 Å². The number of hydrogen-bond donors (Lipinski definition) is 2. The topological polar surface area (TPSA) is 109 Å². The van der Waals surface area contributed by atoms with Crippen molar-refractivity contribution in [2.75, 3.05) is 27.8 Å². The van der Waals surface area contributed by atoms with E-state index in [4.69, 9.17) is 9.47 Å². The van der Waals surface area contributed by atoms with Crippen molar-refractivity contribution in [2.45, 2.75) is 12.1 Å². The fourth-order valence-corrected chi connectivity index (χ4v) is 3.02. The number of methoxy groups -OCH3 is 2. The number of nitrogens with one attached hydrogen (secondary N) is 2. The highest BCUT2D eigenvalue weighted by Crippen LogP contribution is 2.30. The van der Waals surface area contributed by atoms with Crippen LogP contribution in [0.15, 0.2) is 24.4 Å². The van der Waals surface area contributed by atoms with Crippen LogP contribution in [-0.2, 0) is 21.6 Å². The summed E-state index contributed by atoms with van der Waals surface area (Å²) in [6.45, 7) is 0.439. The summed E-state index contributed by atoms with van der Waals surface area (Å²) < 4.78 is 10.1. The van der Waals surface area contributed by atoms with Crippen LogP contribution in [0.4, 0.5) is 0 Å². The number of carbonyl (C=O) groups excluding carboxylic acids is 2. The van der Waals surface area contributed by atoms with E-state index in [9.17, 15) is 9.59 Å². The lowest BCUT2D eigenvalue weighted by Gasteiger charge is -2.32. The monoisotopic (exact) mass is 345 g/mol. The van der Waals surface area contributed by atoms with Gasteiger partial charge in [0.05, 0.1) is 20.8 Å². The second-order valence-electron chi connectivity index (χ2n) is 5.69. The van der Waals surface area contributed by atoms with Crippen molar-refractivity contribution in [3.05, 3.63) is 41.2 Å². The molecule has 1 amide bonds. The summed E-state index contributed by atoms with van der Waals surface area (Å²) >= 11 is 0. The summed E-state index contributed by atoms with van der Waals surface area (Å²) in [5.41, 5.74) is 0.474. The standard InChI is InChI=1S/C16H19N5O4/c1-17-16(15(23)25-3,13-7-18-20-19-13)9-21-8-10-4-5-11(24-2)6-12(10)14(21)22/h4-7,17H,8-9H2,1-3H3,(H,18,19,20)/t16-/m0/s1. The molecule has 0 fully saturated rings. The van der Waals surface area contributed by atoms with Crippen LogP contribution in [0.2, 0.25) is 0 Å². The number of rotatable bonds is 6. The first-order valence-electron chi connectivity index (χ1n) is 7.66. The van der Waals surface area contributed by atoms with Crippen molar-refractivity contribution in [3.63, 3.8) is 0 Å². The average molecular weight is 345 g/mol. The Morgan fingerprint density at radius 3 is 2.84 bits per heavy atom. The minimum absolute atomic E-state index is 0.0541. The number of esters is 1. The van der Waals surface area contributed by atoms with Crippen LogP contribution in [0, 0.1) is 0 Å². The normalized spacial score (nSPS) is 15.6. The Morgan fingerprint density at radius 2 is 2.24 bits per heavy atom. The molecule has 0 spiro atoms. The van der Waals surface area contributed by atoms with E-state index in [1.807, 2.05) is 6.07 Å². The summed E-state index contributed by atoms with van der Waals surface area (Å²) in [6, 6.07) is 5.35. The molecule has 2 heterocycles. The number of aromatic nitrogens is 3. The van der Waals surface area contributed by atoms with Crippen LogP contribution in [0.25, 0.3) is 0 Å². The lowest BCUT2D eigenvalue weighted by Crippen LogP contribution is -2.56. The first kappa shape index (κ1) is 16.9. The molecule has 0 unspecified atom stereocenters. The summed E-state index contributed by atoms with van der Waals surface area (Å²) in [5, 5.41) is 13.1.